The highest BCUT2D eigenvalue weighted by Gasteiger charge is 2.13. The largest absolute Gasteiger partial charge is 0.455 e. The maximum absolute atomic E-state index is 11.9. The average Bonchev–Trinajstić information content (AvgIpc) is 3.38. The number of ether oxygens (including phenoxy) is 1. The van der Waals surface area contributed by atoms with Crippen LogP contribution in [-0.4, -0.2) is 36.4 Å². The second-order valence-corrected chi connectivity index (χ2v) is 7.47. The lowest BCUT2D eigenvalue weighted by molar-refractivity contribution is -0.146. The number of hydrogen-bond acceptors (Lipinski definition) is 7. The molecule has 0 radical (unpaired) electrons. The van der Waals surface area contributed by atoms with E-state index in [0.717, 1.165) is 9.88 Å². The molecule has 0 spiro atoms. The number of amides is 2. The van der Waals surface area contributed by atoms with Crippen molar-refractivity contribution in [1.29, 1.82) is 0 Å². The molecule has 28 heavy (non-hydrogen) atoms. The number of carbonyl (C=O) groups excluding carboxylic acids is 3. The first-order valence-electron chi connectivity index (χ1n) is 8.31. The maximum atomic E-state index is 11.9. The van der Waals surface area contributed by atoms with Gasteiger partial charge in [0.2, 0.25) is 0 Å². The monoisotopic (exact) mass is 415 g/mol. The minimum atomic E-state index is -0.520. The van der Waals surface area contributed by atoms with Crippen molar-refractivity contribution in [3.63, 3.8) is 0 Å². The normalized spacial score (nSPS) is 10.3. The third-order valence-electron chi connectivity index (χ3n) is 3.63. The van der Waals surface area contributed by atoms with E-state index in [-0.39, 0.29) is 12.3 Å². The van der Waals surface area contributed by atoms with Crippen molar-refractivity contribution in [3.05, 3.63) is 58.4 Å². The summed E-state index contributed by atoms with van der Waals surface area (Å²) in [6.45, 7) is -0.391. The molecule has 1 aromatic carbocycles. The predicted octanol–water partition coefficient (Wildman–Crippen LogP) is 2.96. The lowest BCUT2D eigenvalue weighted by Gasteiger charge is -2.07. The van der Waals surface area contributed by atoms with Crippen LogP contribution in [0.1, 0.15) is 16.1 Å². The molecule has 2 N–H and O–H groups in total. The molecule has 2 aromatic heterocycles. The van der Waals surface area contributed by atoms with Crippen LogP contribution < -0.4 is 10.6 Å². The van der Waals surface area contributed by atoms with Gasteiger partial charge in [0.1, 0.15) is 5.01 Å². The highest BCUT2D eigenvalue weighted by atomic mass is 32.1. The van der Waals surface area contributed by atoms with Crippen LogP contribution in [0.2, 0.25) is 0 Å². The van der Waals surface area contributed by atoms with E-state index >= 15 is 0 Å². The number of nitrogens with one attached hydrogen (secondary N) is 2. The van der Waals surface area contributed by atoms with Crippen molar-refractivity contribution >= 4 is 46.1 Å². The van der Waals surface area contributed by atoms with Crippen LogP contribution in [0, 0.1) is 0 Å². The molecule has 7 nitrogen and oxygen atoms in total. The maximum Gasteiger partial charge on any atom is 0.312 e. The summed E-state index contributed by atoms with van der Waals surface area (Å²) < 4.78 is 5.01. The van der Waals surface area contributed by atoms with Gasteiger partial charge in [0.15, 0.2) is 6.61 Å². The quantitative estimate of drug-likeness (QED) is 0.578. The van der Waals surface area contributed by atoms with Crippen molar-refractivity contribution in [2.75, 3.05) is 19.0 Å². The molecule has 0 atom stereocenters. The molecule has 2 heterocycles. The highest BCUT2D eigenvalue weighted by molar-refractivity contribution is 7.20. The van der Waals surface area contributed by atoms with Gasteiger partial charge in [0.25, 0.3) is 11.8 Å². The van der Waals surface area contributed by atoms with E-state index in [1.807, 2.05) is 22.9 Å². The van der Waals surface area contributed by atoms with Crippen LogP contribution in [0.25, 0.3) is 9.88 Å². The number of thiophene rings is 1. The fraction of sp³-hybridized carbons (Fsp3) is 0.158. The first-order valence-corrected chi connectivity index (χ1v) is 10.1. The van der Waals surface area contributed by atoms with Crippen molar-refractivity contribution < 1.29 is 19.1 Å². The molecule has 0 aliphatic carbocycles. The Morgan fingerprint density at radius 3 is 2.57 bits per heavy atom. The van der Waals surface area contributed by atoms with Gasteiger partial charge in [-0.2, -0.15) is 0 Å². The Hall–Kier alpha value is -3.04. The van der Waals surface area contributed by atoms with Crippen LogP contribution in [-0.2, 0) is 20.7 Å². The third kappa shape index (κ3) is 5.24. The van der Waals surface area contributed by atoms with E-state index in [1.165, 1.54) is 11.3 Å². The fourth-order valence-electron chi connectivity index (χ4n) is 2.29. The molecule has 3 aromatic rings. The second-order valence-electron chi connectivity index (χ2n) is 5.66. The fourth-order valence-corrected chi connectivity index (χ4v) is 3.93. The summed E-state index contributed by atoms with van der Waals surface area (Å²) in [5, 5.41) is 9.76. The summed E-state index contributed by atoms with van der Waals surface area (Å²) >= 11 is 3.05. The molecule has 0 saturated heterocycles. The van der Waals surface area contributed by atoms with Crippen molar-refractivity contribution in [3.8, 4) is 9.88 Å². The van der Waals surface area contributed by atoms with E-state index in [4.69, 9.17) is 4.74 Å². The minimum Gasteiger partial charge on any atom is -0.455 e. The molecule has 0 unspecified atom stereocenters. The number of benzene rings is 1. The molecule has 2 amide bonds. The number of rotatable bonds is 7. The van der Waals surface area contributed by atoms with Crippen molar-refractivity contribution in [2.45, 2.75) is 6.42 Å². The summed E-state index contributed by atoms with van der Waals surface area (Å²) in [6.07, 6.45) is 0.00990. The molecule has 3 rings (SSSR count). The Morgan fingerprint density at radius 2 is 1.89 bits per heavy atom. The third-order valence-corrected chi connectivity index (χ3v) is 5.56. The second kappa shape index (κ2) is 9.25. The Labute approximate surface area is 169 Å². The van der Waals surface area contributed by atoms with Crippen LogP contribution >= 0.6 is 22.7 Å². The SMILES string of the molecule is CNC(=O)c1ccc(NC(=O)COC(=O)Cc2csc(-c3cccs3)n2)cc1. The number of carbonyl (C=O) groups is 3. The summed E-state index contributed by atoms with van der Waals surface area (Å²) in [5.41, 5.74) is 1.61. The zero-order chi connectivity index (χ0) is 19.9. The zero-order valence-corrected chi connectivity index (χ0v) is 16.6. The lowest BCUT2D eigenvalue weighted by atomic mass is 10.2. The topological polar surface area (TPSA) is 97.4 Å². The standard InChI is InChI=1S/C19H17N3O4S2/c1-20-18(25)12-4-6-13(7-5-12)21-16(23)10-26-17(24)9-14-11-28-19(22-14)15-3-2-8-27-15/h2-8,11H,9-10H2,1H3,(H,20,25)(H,21,23). The minimum absolute atomic E-state index is 0.00990. The number of aromatic nitrogens is 1. The smallest absolute Gasteiger partial charge is 0.312 e. The first-order chi connectivity index (χ1) is 13.5. The molecule has 0 aliphatic rings. The lowest BCUT2D eigenvalue weighted by Crippen LogP contribution is -2.22. The molecular weight excluding hydrogens is 398 g/mol. The summed E-state index contributed by atoms with van der Waals surface area (Å²) in [6, 6.07) is 10.3. The molecule has 144 valence electrons. The first kappa shape index (κ1) is 19.7. The number of anilines is 1. The Bertz CT molecular complexity index is 965. The van der Waals surface area contributed by atoms with Crippen molar-refractivity contribution in [1.82, 2.24) is 10.3 Å². The van der Waals surface area contributed by atoms with Gasteiger partial charge in [0.05, 0.1) is 17.0 Å². The summed E-state index contributed by atoms with van der Waals surface area (Å²) in [5.74, 6) is -1.19. The molecule has 0 aliphatic heterocycles. The van der Waals surface area contributed by atoms with Gasteiger partial charge in [-0.3, -0.25) is 14.4 Å². The van der Waals surface area contributed by atoms with Crippen LogP contribution in [0.5, 0.6) is 0 Å². The van der Waals surface area contributed by atoms with Gasteiger partial charge >= 0.3 is 5.97 Å². The average molecular weight is 415 g/mol. The highest BCUT2D eigenvalue weighted by Crippen LogP contribution is 2.27. The van der Waals surface area contributed by atoms with E-state index in [0.29, 0.717) is 16.9 Å². The number of esters is 1. The number of hydrogen-bond donors (Lipinski definition) is 2. The molecule has 0 bridgehead atoms. The molecule has 0 fully saturated rings. The van der Waals surface area contributed by atoms with Gasteiger partial charge in [-0.05, 0) is 35.7 Å². The van der Waals surface area contributed by atoms with E-state index in [1.54, 1.807) is 42.6 Å². The Morgan fingerprint density at radius 1 is 1.11 bits per heavy atom. The van der Waals surface area contributed by atoms with Gasteiger partial charge in [0, 0.05) is 23.7 Å². The van der Waals surface area contributed by atoms with Gasteiger partial charge in [-0.15, -0.1) is 22.7 Å². The van der Waals surface area contributed by atoms with Crippen LogP contribution in [0.3, 0.4) is 0 Å². The number of nitrogens with zero attached hydrogens (tertiary/aromatic N) is 1. The summed E-state index contributed by atoms with van der Waals surface area (Å²) in [7, 11) is 1.54. The van der Waals surface area contributed by atoms with E-state index in [9.17, 15) is 14.4 Å². The molecule has 9 heteroatoms. The summed E-state index contributed by atoms with van der Waals surface area (Å²) in [4.78, 5) is 40.8. The Kier molecular flexibility index (Phi) is 6.51. The predicted molar refractivity (Wildman–Crippen MR) is 109 cm³/mol. The van der Waals surface area contributed by atoms with Gasteiger partial charge in [-0.25, -0.2) is 4.98 Å². The molecular formula is C19H17N3O4S2. The van der Waals surface area contributed by atoms with Crippen molar-refractivity contribution in [2.24, 2.45) is 0 Å². The zero-order valence-electron chi connectivity index (χ0n) is 14.9. The Balaban J connectivity index is 1.45. The molecule has 0 saturated carbocycles. The van der Waals surface area contributed by atoms with E-state index in [2.05, 4.69) is 15.6 Å². The van der Waals surface area contributed by atoms with Crippen LogP contribution in [0.15, 0.2) is 47.2 Å². The van der Waals surface area contributed by atoms with Gasteiger partial charge in [-0.1, -0.05) is 6.07 Å². The van der Waals surface area contributed by atoms with E-state index < -0.39 is 18.5 Å². The number of thiazole rings is 1. The van der Waals surface area contributed by atoms with Gasteiger partial charge < -0.3 is 15.4 Å². The van der Waals surface area contributed by atoms with Crippen LogP contribution in [0.4, 0.5) is 5.69 Å².